The summed E-state index contributed by atoms with van der Waals surface area (Å²) in [5.41, 5.74) is 1.52. The standard InChI is InChI=1S/C24H36O4/c1-23-9-4-7-19(23)21-18(22(27)28-3)14-16-13-17(26)12-15(6-5-11-25)24(16,2)20(21)8-10-23/h13,15,18-21,25H,4-12,14H2,1-3H3/t15?,18-,19+,20+,21+,23+,24+/m1/s1. The van der Waals surface area contributed by atoms with Gasteiger partial charge in [0.25, 0.3) is 0 Å². The third kappa shape index (κ3) is 2.89. The van der Waals surface area contributed by atoms with Gasteiger partial charge in [0, 0.05) is 13.0 Å². The van der Waals surface area contributed by atoms with E-state index < -0.39 is 0 Å². The van der Waals surface area contributed by atoms with Gasteiger partial charge in [-0.1, -0.05) is 25.8 Å². The minimum absolute atomic E-state index is 0.0256. The zero-order valence-corrected chi connectivity index (χ0v) is 17.7. The maximum absolute atomic E-state index is 12.9. The molecule has 0 aliphatic heterocycles. The molecule has 4 aliphatic carbocycles. The first-order chi connectivity index (χ1) is 13.3. The number of rotatable bonds is 4. The molecule has 4 nitrogen and oxygen atoms in total. The average Bonchev–Trinajstić information content (AvgIpc) is 3.07. The largest absolute Gasteiger partial charge is 0.469 e. The number of ether oxygens (including phenoxy) is 1. The molecule has 7 atom stereocenters. The van der Waals surface area contributed by atoms with Crippen molar-refractivity contribution in [2.24, 2.45) is 40.4 Å². The minimum atomic E-state index is -0.110. The summed E-state index contributed by atoms with van der Waals surface area (Å²) in [7, 11) is 1.51. The highest BCUT2D eigenvalue weighted by Gasteiger charge is 2.62. The van der Waals surface area contributed by atoms with E-state index in [4.69, 9.17) is 4.74 Å². The molecule has 0 saturated heterocycles. The second-order valence-electron chi connectivity index (χ2n) is 10.4. The van der Waals surface area contributed by atoms with E-state index in [1.54, 1.807) is 0 Å². The lowest BCUT2D eigenvalue weighted by Crippen LogP contribution is -2.56. The summed E-state index contributed by atoms with van der Waals surface area (Å²) in [4.78, 5) is 25.4. The quantitative estimate of drug-likeness (QED) is 0.729. The summed E-state index contributed by atoms with van der Waals surface area (Å²) >= 11 is 0. The summed E-state index contributed by atoms with van der Waals surface area (Å²) in [6, 6.07) is 0. The zero-order valence-electron chi connectivity index (χ0n) is 17.7. The van der Waals surface area contributed by atoms with Crippen LogP contribution in [-0.4, -0.2) is 30.6 Å². The Labute approximate surface area is 169 Å². The summed E-state index contributed by atoms with van der Waals surface area (Å²) in [5, 5.41) is 9.42. The lowest BCUT2D eigenvalue weighted by molar-refractivity contribution is -0.160. The third-order valence-electron chi connectivity index (χ3n) is 9.33. The van der Waals surface area contributed by atoms with Crippen molar-refractivity contribution in [3.05, 3.63) is 11.6 Å². The molecule has 0 amide bonds. The molecule has 0 heterocycles. The first kappa shape index (κ1) is 20.1. The van der Waals surface area contributed by atoms with E-state index in [1.807, 2.05) is 6.08 Å². The van der Waals surface area contributed by atoms with E-state index >= 15 is 0 Å². The molecule has 156 valence electrons. The summed E-state index contributed by atoms with van der Waals surface area (Å²) in [6.45, 7) is 4.99. The summed E-state index contributed by atoms with van der Waals surface area (Å²) in [5.74, 6) is 1.67. The minimum Gasteiger partial charge on any atom is -0.469 e. The van der Waals surface area contributed by atoms with Crippen LogP contribution in [0.25, 0.3) is 0 Å². The predicted molar refractivity (Wildman–Crippen MR) is 107 cm³/mol. The van der Waals surface area contributed by atoms with E-state index in [0.29, 0.717) is 36.0 Å². The molecule has 4 heteroatoms. The topological polar surface area (TPSA) is 63.6 Å². The van der Waals surface area contributed by atoms with Gasteiger partial charge in [-0.2, -0.15) is 0 Å². The Bertz CT molecular complexity index is 682. The monoisotopic (exact) mass is 388 g/mol. The van der Waals surface area contributed by atoms with Crippen LogP contribution in [0.5, 0.6) is 0 Å². The van der Waals surface area contributed by atoms with Crippen molar-refractivity contribution in [1.29, 1.82) is 0 Å². The Balaban J connectivity index is 1.78. The number of aliphatic hydroxyl groups excluding tert-OH is 1. The normalized spacial score (nSPS) is 44.9. The van der Waals surface area contributed by atoms with E-state index in [0.717, 1.165) is 19.3 Å². The van der Waals surface area contributed by atoms with E-state index in [1.165, 1.54) is 38.4 Å². The van der Waals surface area contributed by atoms with Crippen LogP contribution in [0.3, 0.4) is 0 Å². The van der Waals surface area contributed by atoms with E-state index in [9.17, 15) is 14.7 Å². The van der Waals surface area contributed by atoms with Gasteiger partial charge in [0.1, 0.15) is 0 Å². The lowest BCUT2D eigenvalue weighted by Gasteiger charge is -2.61. The van der Waals surface area contributed by atoms with Gasteiger partial charge in [-0.05, 0) is 85.5 Å². The molecular weight excluding hydrogens is 352 g/mol. The highest BCUT2D eigenvalue weighted by Crippen LogP contribution is 2.68. The van der Waals surface area contributed by atoms with Crippen molar-refractivity contribution in [3.63, 3.8) is 0 Å². The van der Waals surface area contributed by atoms with Gasteiger partial charge in [0.05, 0.1) is 13.0 Å². The molecule has 0 radical (unpaired) electrons. The van der Waals surface area contributed by atoms with Crippen LogP contribution in [0.15, 0.2) is 11.6 Å². The molecule has 1 unspecified atom stereocenters. The fourth-order valence-electron chi connectivity index (χ4n) is 7.90. The van der Waals surface area contributed by atoms with Gasteiger partial charge in [0.2, 0.25) is 0 Å². The SMILES string of the molecule is COC(=O)[C@@H]1CC2=CC(=O)CC(CCCO)[C@]2(C)[C@H]2CC[C@]3(C)CCC[C@H]3[C@H]12. The number of carbonyl (C=O) groups is 2. The number of aliphatic hydroxyl groups is 1. The molecule has 4 aliphatic rings. The molecule has 0 aromatic rings. The molecule has 0 aromatic carbocycles. The van der Waals surface area contributed by atoms with Crippen LogP contribution in [-0.2, 0) is 14.3 Å². The summed E-state index contributed by atoms with van der Waals surface area (Å²) in [6.07, 6.45) is 10.9. The maximum Gasteiger partial charge on any atom is 0.309 e. The molecule has 3 saturated carbocycles. The van der Waals surface area contributed by atoms with E-state index in [2.05, 4.69) is 13.8 Å². The summed E-state index contributed by atoms with van der Waals surface area (Å²) < 4.78 is 5.27. The third-order valence-corrected chi connectivity index (χ3v) is 9.33. The number of methoxy groups -OCH3 is 1. The van der Waals surface area contributed by atoms with Crippen LogP contribution < -0.4 is 0 Å². The van der Waals surface area contributed by atoms with Crippen molar-refractivity contribution >= 4 is 11.8 Å². The zero-order chi connectivity index (χ0) is 20.1. The first-order valence-corrected chi connectivity index (χ1v) is 11.3. The van der Waals surface area contributed by atoms with Crippen molar-refractivity contribution in [2.45, 2.75) is 71.6 Å². The maximum atomic E-state index is 12.9. The highest BCUT2D eigenvalue weighted by molar-refractivity contribution is 5.92. The Kier molecular flexibility index (Phi) is 5.22. The Morgan fingerprint density at radius 2 is 2.00 bits per heavy atom. The molecule has 0 bridgehead atoms. The van der Waals surface area contributed by atoms with Gasteiger partial charge in [-0.3, -0.25) is 9.59 Å². The van der Waals surface area contributed by atoms with Crippen LogP contribution in [0, 0.1) is 40.4 Å². The molecule has 1 N–H and O–H groups in total. The Morgan fingerprint density at radius 3 is 2.71 bits per heavy atom. The van der Waals surface area contributed by atoms with Crippen molar-refractivity contribution in [3.8, 4) is 0 Å². The lowest BCUT2D eigenvalue weighted by atomic mass is 9.43. The Hall–Kier alpha value is -1.16. The van der Waals surface area contributed by atoms with Gasteiger partial charge in [0.15, 0.2) is 5.78 Å². The molecule has 0 spiro atoms. The Morgan fingerprint density at radius 1 is 1.21 bits per heavy atom. The fraction of sp³-hybridized carbons (Fsp3) is 0.833. The van der Waals surface area contributed by atoms with Crippen molar-refractivity contribution in [1.82, 2.24) is 0 Å². The molecular formula is C24H36O4. The number of esters is 1. The highest BCUT2D eigenvalue weighted by atomic mass is 16.5. The van der Waals surface area contributed by atoms with Crippen LogP contribution in [0.2, 0.25) is 0 Å². The van der Waals surface area contributed by atoms with Crippen LogP contribution in [0.1, 0.15) is 71.6 Å². The number of hydrogen-bond donors (Lipinski definition) is 1. The number of ketones is 1. The van der Waals surface area contributed by atoms with Crippen molar-refractivity contribution < 1.29 is 19.4 Å². The molecule has 0 aromatic heterocycles. The van der Waals surface area contributed by atoms with E-state index in [-0.39, 0.29) is 35.6 Å². The number of fused-ring (bicyclic) bond motifs is 5. The second-order valence-corrected chi connectivity index (χ2v) is 10.4. The fourth-order valence-corrected chi connectivity index (χ4v) is 7.90. The number of hydrogen-bond acceptors (Lipinski definition) is 4. The van der Waals surface area contributed by atoms with Crippen LogP contribution in [0.4, 0.5) is 0 Å². The molecule has 4 rings (SSSR count). The van der Waals surface area contributed by atoms with Gasteiger partial charge >= 0.3 is 5.97 Å². The molecule has 3 fully saturated rings. The van der Waals surface area contributed by atoms with Gasteiger partial charge in [-0.15, -0.1) is 0 Å². The average molecular weight is 389 g/mol. The van der Waals surface area contributed by atoms with Crippen molar-refractivity contribution in [2.75, 3.05) is 13.7 Å². The predicted octanol–water partition coefficient (Wildman–Crippen LogP) is 4.31. The second kappa shape index (κ2) is 7.27. The van der Waals surface area contributed by atoms with Gasteiger partial charge in [-0.25, -0.2) is 0 Å². The van der Waals surface area contributed by atoms with Crippen LogP contribution >= 0.6 is 0 Å². The number of allylic oxidation sites excluding steroid dienone is 1. The van der Waals surface area contributed by atoms with Gasteiger partial charge < -0.3 is 9.84 Å². The first-order valence-electron chi connectivity index (χ1n) is 11.3. The smallest absolute Gasteiger partial charge is 0.309 e. The molecule has 28 heavy (non-hydrogen) atoms. The number of carbonyl (C=O) groups excluding carboxylic acids is 2.